The number of aryl methyl sites for hydroxylation is 1. The van der Waals surface area contributed by atoms with Crippen molar-refractivity contribution >= 4 is 46.1 Å². The Kier molecular flexibility index (Phi) is 9.15. The number of nitrogens with one attached hydrogen (secondary N) is 2. The first-order chi connectivity index (χ1) is 24.0. The van der Waals surface area contributed by atoms with Crippen molar-refractivity contribution in [2.75, 3.05) is 28.7 Å². The highest BCUT2D eigenvalue weighted by Gasteiger charge is 2.54. The van der Waals surface area contributed by atoms with E-state index in [0.717, 1.165) is 12.0 Å². The van der Waals surface area contributed by atoms with Gasteiger partial charge < -0.3 is 19.5 Å². The summed E-state index contributed by atoms with van der Waals surface area (Å²) in [6.07, 6.45) is 5.98. The van der Waals surface area contributed by atoms with Crippen LogP contribution < -0.4 is 20.3 Å². The van der Waals surface area contributed by atoms with Crippen molar-refractivity contribution in [2.45, 2.75) is 78.9 Å². The van der Waals surface area contributed by atoms with Crippen LogP contribution in [0.15, 0.2) is 36.9 Å². The number of ether oxygens (including phenoxy) is 3. The van der Waals surface area contributed by atoms with E-state index in [4.69, 9.17) is 14.2 Å². The van der Waals surface area contributed by atoms with Gasteiger partial charge in [0.05, 0.1) is 18.4 Å². The normalized spacial score (nSPS) is 18.5. The number of carbonyl (C=O) groups excluding carboxylic acids is 3. The zero-order valence-electron chi connectivity index (χ0n) is 30.4. The molecule has 3 unspecified atom stereocenters. The fourth-order valence-electron chi connectivity index (χ4n) is 6.69. The zero-order chi connectivity index (χ0) is 37.0. The van der Waals surface area contributed by atoms with Crippen LogP contribution in [-0.4, -0.2) is 62.2 Å². The number of hydrogen-bond donors (Lipinski definition) is 2. The summed E-state index contributed by atoms with van der Waals surface area (Å²) in [5.41, 5.74) is 0.558. The Balaban J connectivity index is 1.41. The number of nitrogens with zero attached hydrogens (tertiary/aromatic N) is 5. The summed E-state index contributed by atoms with van der Waals surface area (Å²) >= 11 is 0. The summed E-state index contributed by atoms with van der Waals surface area (Å²) in [4.78, 5) is 50.1. The van der Waals surface area contributed by atoms with E-state index in [-0.39, 0.29) is 65.1 Å². The molecule has 1 aliphatic heterocycles. The molecule has 6 rings (SSSR count). The Morgan fingerprint density at radius 1 is 1.00 bits per heavy atom. The van der Waals surface area contributed by atoms with E-state index in [9.17, 15) is 14.4 Å². The highest BCUT2D eigenvalue weighted by atomic mass is 19.1. The van der Waals surface area contributed by atoms with Crippen LogP contribution in [0.2, 0.25) is 0 Å². The van der Waals surface area contributed by atoms with Crippen molar-refractivity contribution in [3.8, 4) is 17.0 Å². The minimum atomic E-state index is -0.859. The number of fused-ring (bicyclic) bond motifs is 2. The average Bonchev–Trinajstić information content (AvgIpc) is 3.62. The van der Waals surface area contributed by atoms with Gasteiger partial charge in [-0.3, -0.25) is 19.7 Å². The average molecular weight is 702 g/mol. The van der Waals surface area contributed by atoms with Crippen molar-refractivity contribution in [1.82, 2.24) is 19.7 Å². The monoisotopic (exact) mass is 701 g/mol. The molecule has 0 saturated heterocycles. The van der Waals surface area contributed by atoms with Crippen LogP contribution in [0, 0.1) is 24.6 Å². The number of anilines is 3. The van der Waals surface area contributed by atoms with Gasteiger partial charge in [0.2, 0.25) is 11.8 Å². The van der Waals surface area contributed by atoms with E-state index in [0.29, 0.717) is 22.2 Å². The second kappa shape index (κ2) is 13.1. The molecule has 51 heavy (non-hydrogen) atoms. The largest absolute Gasteiger partial charge is 0.474 e. The van der Waals surface area contributed by atoms with Gasteiger partial charge in [-0.1, -0.05) is 13.3 Å². The lowest BCUT2D eigenvalue weighted by Crippen LogP contribution is -2.42. The van der Waals surface area contributed by atoms with Gasteiger partial charge in [-0.05, 0) is 83.0 Å². The van der Waals surface area contributed by atoms with Gasteiger partial charge in [0.15, 0.2) is 5.82 Å². The van der Waals surface area contributed by atoms with Gasteiger partial charge in [-0.2, -0.15) is 5.10 Å². The molecule has 270 valence electrons. The van der Waals surface area contributed by atoms with Crippen molar-refractivity contribution in [3.05, 3.63) is 53.9 Å². The van der Waals surface area contributed by atoms with Crippen LogP contribution in [0.25, 0.3) is 21.9 Å². The molecule has 4 aromatic rings. The summed E-state index contributed by atoms with van der Waals surface area (Å²) in [6.45, 7) is 14.6. The van der Waals surface area contributed by atoms with Crippen LogP contribution >= 0.6 is 0 Å². The van der Waals surface area contributed by atoms with Gasteiger partial charge in [0, 0.05) is 54.0 Å². The number of rotatable bonds is 6. The molecule has 14 heteroatoms. The zero-order valence-corrected chi connectivity index (χ0v) is 30.4. The topological polar surface area (TPSA) is 150 Å². The maximum Gasteiger partial charge on any atom is 0.415 e. The fourth-order valence-corrected chi connectivity index (χ4v) is 6.69. The smallest absolute Gasteiger partial charge is 0.415 e. The Morgan fingerprint density at radius 3 is 2.37 bits per heavy atom. The van der Waals surface area contributed by atoms with Crippen molar-refractivity contribution < 1.29 is 33.0 Å². The van der Waals surface area contributed by atoms with Crippen LogP contribution in [0.3, 0.4) is 0 Å². The lowest BCUT2D eigenvalue weighted by atomic mass is 9.96. The SMILES string of the molecule is CCC1C(C(=O)Nc2cc3cc(-c4cnc5c(c4C)N(C(=O)OC(C)(C)C)CCO5)c(F)c(NC(=O)OC(C)(C)C)c3cn2)C1c1cnn(C)c1. The fraction of sp³-hybridized carbons (Fsp3) is 0.459. The standard InChI is InChI=1S/C37H44FN7O6/c1-10-22-27(21-15-41-44(9)18-21)28(22)32(46)42-26-14-20-13-23(29(38)30(25(20)17-39-26)43-34(47)50-36(3,4)5)24-16-40-33-31(19(24)2)45(11-12-49-33)35(48)51-37(6,7)8/h13-18,22,27-28H,10-12H2,1-9H3,(H,43,47)(H,39,42,46). The Morgan fingerprint density at radius 2 is 1.73 bits per heavy atom. The molecule has 3 amide bonds. The van der Waals surface area contributed by atoms with Crippen molar-refractivity contribution in [1.29, 1.82) is 0 Å². The number of pyridine rings is 2. The maximum atomic E-state index is 16.7. The summed E-state index contributed by atoms with van der Waals surface area (Å²) in [6, 6.07) is 3.24. The number of halogens is 1. The van der Waals surface area contributed by atoms with Gasteiger partial charge in [0.25, 0.3) is 0 Å². The third-order valence-corrected chi connectivity index (χ3v) is 8.89. The number of aromatic nitrogens is 4. The molecule has 1 saturated carbocycles. The van der Waals surface area contributed by atoms with Crippen LogP contribution in [-0.2, 0) is 21.3 Å². The Bertz CT molecular complexity index is 2030. The molecule has 2 aliphatic rings. The van der Waals surface area contributed by atoms with Crippen LogP contribution in [0.4, 0.5) is 31.2 Å². The lowest BCUT2D eigenvalue weighted by molar-refractivity contribution is -0.117. The van der Waals surface area contributed by atoms with Gasteiger partial charge in [0.1, 0.15) is 29.3 Å². The Labute approximate surface area is 295 Å². The number of carbonyl (C=O) groups is 3. The van der Waals surface area contributed by atoms with Gasteiger partial charge >= 0.3 is 12.2 Å². The summed E-state index contributed by atoms with van der Waals surface area (Å²) in [7, 11) is 1.84. The maximum absolute atomic E-state index is 16.7. The Hall–Kier alpha value is -5.27. The van der Waals surface area contributed by atoms with E-state index >= 15 is 4.39 Å². The predicted octanol–water partition coefficient (Wildman–Crippen LogP) is 7.34. The van der Waals surface area contributed by atoms with Crippen LogP contribution in [0.5, 0.6) is 5.88 Å². The summed E-state index contributed by atoms with van der Waals surface area (Å²) in [5.74, 6) is -0.476. The minimum absolute atomic E-state index is 0.0539. The highest BCUT2D eigenvalue weighted by Crippen LogP contribution is 2.56. The minimum Gasteiger partial charge on any atom is -0.474 e. The molecule has 3 aromatic heterocycles. The molecule has 4 heterocycles. The summed E-state index contributed by atoms with van der Waals surface area (Å²) in [5, 5.41) is 10.6. The van der Waals surface area contributed by atoms with Crippen molar-refractivity contribution in [3.63, 3.8) is 0 Å². The quantitative estimate of drug-likeness (QED) is 0.211. The van der Waals surface area contributed by atoms with Gasteiger partial charge in [-0.25, -0.2) is 23.9 Å². The molecule has 0 bridgehead atoms. The second-order valence-electron chi connectivity index (χ2n) is 15.0. The molecule has 3 atom stereocenters. The molecule has 1 aliphatic carbocycles. The molecule has 13 nitrogen and oxygen atoms in total. The molecule has 0 radical (unpaired) electrons. The molecular formula is C37H44FN7O6. The molecule has 1 aromatic carbocycles. The van der Waals surface area contributed by atoms with E-state index in [1.165, 1.54) is 17.3 Å². The third kappa shape index (κ3) is 7.31. The van der Waals surface area contributed by atoms with Crippen molar-refractivity contribution in [2.24, 2.45) is 18.9 Å². The highest BCUT2D eigenvalue weighted by molar-refractivity contribution is 6.05. The first-order valence-electron chi connectivity index (χ1n) is 17.0. The first kappa shape index (κ1) is 35.6. The lowest BCUT2D eigenvalue weighted by Gasteiger charge is -2.32. The van der Waals surface area contributed by atoms with E-state index in [1.807, 2.05) is 13.2 Å². The number of amides is 3. The van der Waals surface area contributed by atoms with Gasteiger partial charge in [-0.15, -0.1) is 0 Å². The van der Waals surface area contributed by atoms with Crippen LogP contribution in [0.1, 0.15) is 71.9 Å². The predicted molar refractivity (Wildman–Crippen MR) is 190 cm³/mol. The molecule has 1 fully saturated rings. The molecule has 0 spiro atoms. The molecular weight excluding hydrogens is 657 g/mol. The first-order valence-corrected chi connectivity index (χ1v) is 17.0. The third-order valence-electron chi connectivity index (χ3n) is 8.89. The number of hydrogen-bond acceptors (Lipinski definition) is 9. The van der Waals surface area contributed by atoms with E-state index in [2.05, 4.69) is 32.6 Å². The summed E-state index contributed by atoms with van der Waals surface area (Å²) < 4.78 is 35.4. The number of benzene rings is 1. The second-order valence-corrected chi connectivity index (χ2v) is 15.0. The molecule has 2 N–H and O–H groups in total. The van der Waals surface area contributed by atoms with E-state index < -0.39 is 29.2 Å². The van der Waals surface area contributed by atoms with E-state index in [1.54, 1.807) is 71.5 Å².